The molecule has 0 radical (unpaired) electrons. The zero-order chi connectivity index (χ0) is 18.4. The maximum absolute atomic E-state index is 12.0. The van der Waals surface area contributed by atoms with Crippen LogP contribution >= 0.6 is 23.2 Å². The van der Waals surface area contributed by atoms with Gasteiger partial charge in [-0.2, -0.15) is 0 Å². The van der Waals surface area contributed by atoms with Crippen LogP contribution in [0.25, 0.3) is 0 Å². The van der Waals surface area contributed by atoms with Crippen molar-refractivity contribution in [1.82, 2.24) is 4.98 Å². The van der Waals surface area contributed by atoms with Gasteiger partial charge in [-0.25, -0.2) is 9.78 Å². The highest BCUT2D eigenvalue weighted by Crippen LogP contribution is 2.35. The normalized spacial score (nSPS) is 10.1. The monoisotopic (exact) mass is 384 g/mol. The third-order valence-corrected chi connectivity index (χ3v) is 3.56. The Kier molecular flexibility index (Phi) is 6.44. The van der Waals surface area contributed by atoms with Gasteiger partial charge in [0, 0.05) is 12.3 Å². The molecule has 0 aliphatic carbocycles. The number of hydrogen-bond acceptors (Lipinski definition) is 6. The van der Waals surface area contributed by atoms with E-state index < -0.39 is 18.5 Å². The molecule has 0 aliphatic rings. The molecular formula is C16H14Cl2N2O5. The number of halogens is 2. The first-order valence-corrected chi connectivity index (χ1v) is 7.70. The van der Waals surface area contributed by atoms with Crippen LogP contribution in [-0.2, 0) is 9.53 Å². The van der Waals surface area contributed by atoms with Gasteiger partial charge in [-0.3, -0.25) is 4.79 Å². The van der Waals surface area contributed by atoms with Gasteiger partial charge in [0.15, 0.2) is 6.61 Å². The number of hydrogen-bond donors (Lipinski definition) is 1. The highest BCUT2D eigenvalue weighted by atomic mass is 35.5. The highest BCUT2D eigenvalue weighted by molar-refractivity contribution is 6.32. The lowest BCUT2D eigenvalue weighted by Gasteiger charge is -2.13. The minimum Gasteiger partial charge on any atom is -0.495 e. The number of methoxy groups -OCH3 is 2. The third-order valence-electron chi connectivity index (χ3n) is 3.05. The van der Waals surface area contributed by atoms with Crippen LogP contribution in [-0.4, -0.2) is 37.7 Å². The topological polar surface area (TPSA) is 86.8 Å². The fourth-order valence-corrected chi connectivity index (χ4v) is 2.21. The minimum absolute atomic E-state index is 0.183. The lowest BCUT2D eigenvalue weighted by atomic mass is 10.2. The second-order valence-corrected chi connectivity index (χ2v) is 5.48. The molecule has 0 saturated heterocycles. The molecule has 1 aromatic carbocycles. The molecule has 7 nitrogen and oxygen atoms in total. The maximum Gasteiger partial charge on any atom is 0.340 e. The first-order valence-electron chi connectivity index (χ1n) is 6.94. The van der Waals surface area contributed by atoms with Crippen molar-refractivity contribution >= 4 is 40.8 Å². The second-order valence-electron chi connectivity index (χ2n) is 4.68. The number of carbonyl (C=O) groups is 2. The first-order chi connectivity index (χ1) is 11.9. The highest BCUT2D eigenvalue weighted by Gasteiger charge is 2.15. The number of aromatic nitrogens is 1. The molecule has 0 saturated carbocycles. The van der Waals surface area contributed by atoms with Gasteiger partial charge in [-0.1, -0.05) is 23.2 Å². The summed E-state index contributed by atoms with van der Waals surface area (Å²) < 4.78 is 15.2. The summed E-state index contributed by atoms with van der Waals surface area (Å²) in [5, 5.41) is 3.09. The molecule has 1 amide bonds. The van der Waals surface area contributed by atoms with Gasteiger partial charge >= 0.3 is 5.97 Å². The van der Waals surface area contributed by atoms with Gasteiger partial charge in [0.05, 0.1) is 30.5 Å². The van der Waals surface area contributed by atoms with Crippen molar-refractivity contribution in [2.24, 2.45) is 0 Å². The molecule has 1 heterocycles. The van der Waals surface area contributed by atoms with Gasteiger partial charge in [-0.15, -0.1) is 0 Å². The van der Waals surface area contributed by atoms with Crippen molar-refractivity contribution in [2.45, 2.75) is 0 Å². The molecule has 0 atom stereocenters. The maximum atomic E-state index is 12.0. The molecule has 0 spiro atoms. The number of nitrogens with one attached hydrogen (secondary N) is 1. The lowest BCUT2D eigenvalue weighted by molar-refractivity contribution is -0.119. The zero-order valence-corrected chi connectivity index (χ0v) is 14.9. The van der Waals surface area contributed by atoms with Crippen LogP contribution in [0.1, 0.15) is 10.4 Å². The van der Waals surface area contributed by atoms with Crippen molar-refractivity contribution in [3.63, 3.8) is 0 Å². The Bertz CT molecular complexity index is 781. The molecule has 0 unspecified atom stereocenters. The SMILES string of the molecule is COc1cc(OC)c(NC(=O)COC(=O)c2ccc(Cl)nc2)cc1Cl. The van der Waals surface area contributed by atoms with Crippen LogP contribution < -0.4 is 14.8 Å². The molecule has 132 valence electrons. The van der Waals surface area contributed by atoms with E-state index in [-0.39, 0.29) is 10.7 Å². The van der Waals surface area contributed by atoms with E-state index in [1.165, 1.54) is 44.7 Å². The largest absolute Gasteiger partial charge is 0.495 e. The van der Waals surface area contributed by atoms with Gasteiger partial charge in [0.1, 0.15) is 16.7 Å². The second kappa shape index (κ2) is 8.55. The summed E-state index contributed by atoms with van der Waals surface area (Å²) in [5.74, 6) is -0.505. The van der Waals surface area contributed by atoms with Gasteiger partial charge < -0.3 is 19.5 Å². The predicted octanol–water partition coefficient (Wildman–Crippen LogP) is 3.20. The van der Waals surface area contributed by atoms with Crippen molar-refractivity contribution in [2.75, 3.05) is 26.1 Å². The summed E-state index contributed by atoms with van der Waals surface area (Å²) in [6, 6.07) is 5.90. The van der Waals surface area contributed by atoms with E-state index in [2.05, 4.69) is 10.3 Å². The van der Waals surface area contributed by atoms with E-state index in [1.807, 2.05) is 0 Å². The lowest BCUT2D eigenvalue weighted by Crippen LogP contribution is -2.21. The molecule has 1 aromatic heterocycles. The zero-order valence-electron chi connectivity index (χ0n) is 13.3. The third kappa shape index (κ3) is 4.98. The Morgan fingerprint density at radius 1 is 1.12 bits per heavy atom. The smallest absolute Gasteiger partial charge is 0.340 e. The Hall–Kier alpha value is -2.51. The van der Waals surface area contributed by atoms with Crippen LogP contribution in [0, 0.1) is 0 Å². The molecule has 0 aliphatic heterocycles. The first kappa shape index (κ1) is 18.8. The summed E-state index contributed by atoms with van der Waals surface area (Å²) in [6.07, 6.45) is 1.26. The molecule has 2 rings (SSSR count). The van der Waals surface area contributed by atoms with E-state index in [0.717, 1.165) is 0 Å². The van der Waals surface area contributed by atoms with Crippen LogP contribution in [0.5, 0.6) is 11.5 Å². The van der Waals surface area contributed by atoms with E-state index in [4.69, 9.17) is 37.4 Å². The number of rotatable bonds is 6. The van der Waals surface area contributed by atoms with Crippen molar-refractivity contribution in [1.29, 1.82) is 0 Å². The number of nitrogens with zero attached hydrogens (tertiary/aromatic N) is 1. The number of amides is 1. The minimum atomic E-state index is -0.695. The Balaban J connectivity index is 1.99. The summed E-state index contributed by atoms with van der Waals surface area (Å²) in [4.78, 5) is 27.6. The average molecular weight is 385 g/mol. The Morgan fingerprint density at radius 3 is 2.44 bits per heavy atom. The van der Waals surface area contributed by atoms with E-state index in [9.17, 15) is 9.59 Å². The van der Waals surface area contributed by atoms with Crippen molar-refractivity contribution < 1.29 is 23.8 Å². The van der Waals surface area contributed by atoms with E-state index >= 15 is 0 Å². The van der Waals surface area contributed by atoms with Crippen molar-refractivity contribution in [3.8, 4) is 11.5 Å². The Morgan fingerprint density at radius 2 is 1.84 bits per heavy atom. The number of carbonyl (C=O) groups excluding carboxylic acids is 2. The molecule has 25 heavy (non-hydrogen) atoms. The van der Waals surface area contributed by atoms with E-state index in [1.54, 1.807) is 0 Å². The number of esters is 1. The average Bonchev–Trinajstić information content (AvgIpc) is 2.60. The summed E-state index contributed by atoms with van der Waals surface area (Å²) in [7, 11) is 2.90. The fraction of sp³-hybridized carbons (Fsp3) is 0.188. The van der Waals surface area contributed by atoms with Gasteiger partial charge in [0.25, 0.3) is 5.91 Å². The number of ether oxygens (including phenoxy) is 3. The molecular weight excluding hydrogens is 371 g/mol. The molecule has 0 fully saturated rings. The number of anilines is 1. The summed E-state index contributed by atoms with van der Waals surface area (Å²) in [6.45, 7) is -0.492. The fourth-order valence-electron chi connectivity index (χ4n) is 1.86. The molecule has 0 bridgehead atoms. The molecule has 9 heteroatoms. The standard InChI is InChI=1S/C16H14Cl2N2O5/c1-23-12-6-13(24-2)11(5-10(12)17)20-15(21)8-25-16(22)9-3-4-14(18)19-7-9/h3-7H,8H2,1-2H3,(H,20,21). The van der Waals surface area contributed by atoms with Crippen LogP contribution in [0.3, 0.4) is 0 Å². The van der Waals surface area contributed by atoms with Gasteiger partial charge in [0.2, 0.25) is 0 Å². The van der Waals surface area contributed by atoms with E-state index in [0.29, 0.717) is 22.2 Å². The van der Waals surface area contributed by atoms with Crippen molar-refractivity contribution in [3.05, 3.63) is 46.2 Å². The predicted molar refractivity (Wildman–Crippen MR) is 92.7 cm³/mol. The van der Waals surface area contributed by atoms with Crippen LogP contribution in [0.4, 0.5) is 5.69 Å². The summed E-state index contributed by atoms with van der Waals surface area (Å²) in [5.41, 5.74) is 0.504. The number of pyridine rings is 1. The quantitative estimate of drug-likeness (QED) is 0.607. The van der Waals surface area contributed by atoms with Crippen LogP contribution in [0.15, 0.2) is 30.5 Å². The molecule has 2 aromatic rings. The number of benzene rings is 1. The van der Waals surface area contributed by atoms with Gasteiger partial charge in [-0.05, 0) is 18.2 Å². The molecule has 1 N–H and O–H groups in total. The summed E-state index contributed by atoms with van der Waals surface area (Å²) >= 11 is 11.7. The Labute approximate surface area is 153 Å². The van der Waals surface area contributed by atoms with Crippen LogP contribution in [0.2, 0.25) is 10.2 Å².